The summed E-state index contributed by atoms with van der Waals surface area (Å²) in [5, 5.41) is 11.2. The number of nitrogens with zero attached hydrogens (tertiary/aromatic N) is 3. The molecule has 1 fully saturated rings. The van der Waals surface area contributed by atoms with Gasteiger partial charge in [-0.15, -0.1) is 10.2 Å². The summed E-state index contributed by atoms with van der Waals surface area (Å²) >= 11 is 0. The van der Waals surface area contributed by atoms with Crippen LogP contribution in [0.1, 0.15) is 30.2 Å². The van der Waals surface area contributed by atoms with Crippen molar-refractivity contribution in [2.24, 2.45) is 0 Å². The summed E-state index contributed by atoms with van der Waals surface area (Å²) in [6, 6.07) is 13.8. The van der Waals surface area contributed by atoms with Gasteiger partial charge in [-0.2, -0.15) is 0 Å². The minimum atomic E-state index is -0.299. The molecule has 0 radical (unpaired) electrons. The first kappa shape index (κ1) is 19.3. The van der Waals surface area contributed by atoms with Gasteiger partial charge in [0.2, 0.25) is 17.7 Å². The minimum Gasteiger partial charge on any atom is -0.420 e. The van der Waals surface area contributed by atoms with Gasteiger partial charge >= 0.3 is 0 Å². The highest BCUT2D eigenvalue weighted by Gasteiger charge is 2.26. The normalized spacial score (nSPS) is 15.4. The molecule has 29 heavy (non-hydrogen) atoms. The molecule has 4 rings (SSSR count). The zero-order valence-corrected chi connectivity index (χ0v) is 16.3. The second kappa shape index (κ2) is 8.53. The van der Waals surface area contributed by atoms with Crippen LogP contribution in [0.4, 0.5) is 10.1 Å². The van der Waals surface area contributed by atoms with Crippen molar-refractivity contribution in [1.29, 1.82) is 0 Å². The fourth-order valence-electron chi connectivity index (χ4n) is 3.49. The van der Waals surface area contributed by atoms with E-state index in [1.165, 1.54) is 12.1 Å². The Morgan fingerprint density at radius 2 is 1.79 bits per heavy atom. The average molecular weight is 394 g/mol. The molecule has 150 valence electrons. The predicted octanol–water partition coefficient (Wildman–Crippen LogP) is 4.00. The fourth-order valence-corrected chi connectivity index (χ4v) is 3.49. The minimum absolute atomic E-state index is 0.0105. The number of likely N-dealkylation sites (tertiary alicyclic amines) is 1. The fraction of sp³-hybridized carbons (Fsp3) is 0.318. The van der Waals surface area contributed by atoms with E-state index in [2.05, 4.69) is 20.4 Å². The summed E-state index contributed by atoms with van der Waals surface area (Å²) in [5.41, 5.74) is 2.68. The highest BCUT2D eigenvalue weighted by atomic mass is 19.1. The molecule has 0 bridgehead atoms. The topological polar surface area (TPSA) is 71.3 Å². The number of rotatable bonds is 5. The Balaban J connectivity index is 1.28. The van der Waals surface area contributed by atoms with Gasteiger partial charge in [0.05, 0.1) is 6.54 Å². The second-order valence-corrected chi connectivity index (χ2v) is 7.42. The molecular formula is C22H23FN4O2. The number of carbonyl (C=O) groups excluding carboxylic acids is 1. The number of halogens is 1. The van der Waals surface area contributed by atoms with Crippen molar-refractivity contribution >= 4 is 11.6 Å². The third-order valence-electron chi connectivity index (χ3n) is 5.17. The molecule has 3 aromatic rings. The Bertz CT molecular complexity index is 961. The smallest absolute Gasteiger partial charge is 0.247 e. The lowest BCUT2D eigenvalue weighted by molar-refractivity contribution is -0.117. The third-order valence-corrected chi connectivity index (χ3v) is 5.17. The van der Waals surface area contributed by atoms with Crippen LogP contribution in [0.3, 0.4) is 0 Å². The molecule has 1 aliphatic rings. The van der Waals surface area contributed by atoms with Crippen molar-refractivity contribution in [3.8, 4) is 11.5 Å². The number of carbonyl (C=O) groups is 1. The van der Waals surface area contributed by atoms with Gasteiger partial charge in [-0.25, -0.2) is 4.39 Å². The molecule has 0 spiro atoms. The van der Waals surface area contributed by atoms with Crippen LogP contribution in [0.2, 0.25) is 0 Å². The van der Waals surface area contributed by atoms with Crippen LogP contribution in [0.15, 0.2) is 52.9 Å². The number of aryl methyl sites for hydroxylation is 1. The first-order valence-electron chi connectivity index (χ1n) is 9.75. The summed E-state index contributed by atoms with van der Waals surface area (Å²) in [4.78, 5) is 14.4. The number of hydrogen-bond donors (Lipinski definition) is 1. The number of benzene rings is 2. The van der Waals surface area contributed by atoms with E-state index < -0.39 is 0 Å². The standard InChI is InChI=1S/C22H23FN4O2/c1-15-2-8-19(9-3-15)24-20(28)14-27-12-10-17(11-13-27)22-26-25-21(29-22)16-4-6-18(23)7-5-16/h2-9,17H,10-14H2,1H3,(H,24,28). The zero-order chi connectivity index (χ0) is 20.2. The third kappa shape index (κ3) is 4.86. The van der Waals surface area contributed by atoms with Crippen LogP contribution in [-0.2, 0) is 4.79 Å². The molecule has 0 saturated carbocycles. The molecule has 1 aromatic heterocycles. The van der Waals surface area contributed by atoms with Crippen LogP contribution in [-0.4, -0.2) is 40.6 Å². The van der Waals surface area contributed by atoms with Crippen LogP contribution in [0.25, 0.3) is 11.5 Å². The number of anilines is 1. The van der Waals surface area contributed by atoms with Crippen molar-refractivity contribution in [3.05, 3.63) is 65.8 Å². The first-order valence-corrected chi connectivity index (χ1v) is 9.75. The summed E-state index contributed by atoms with van der Waals surface area (Å²) in [5.74, 6) is 0.872. The van der Waals surface area contributed by atoms with Gasteiger partial charge in [0, 0.05) is 17.2 Å². The number of hydrogen-bond acceptors (Lipinski definition) is 5. The van der Waals surface area contributed by atoms with E-state index in [4.69, 9.17) is 4.42 Å². The zero-order valence-electron chi connectivity index (χ0n) is 16.3. The van der Waals surface area contributed by atoms with Gasteiger partial charge in [0.25, 0.3) is 0 Å². The van der Waals surface area contributed by atoms with Crippen molar-refractivity contribution in [2.45, 2.75) is 25.7 Å². The molecule has 2 aromatic carbocycles. The van der Waals surface area contributed by atoms with Crippen LogP contribution < -0.4 is 5.32 Å². The molecule has 1 amide bonds. The van der Waals surface area contributed by atoms with E-state index >= 15 is 0 Å². The molecule has 2 heterocycles. The Labute approximate surface area is 168 Å². The Morgan fingerprint density at radius 1 is 1.10 bits per heavy atom. The molecule has 6 nitrogen and oxygen atoms in total. The number of piperidine rings is 1. The molecule has 0 atom stereocenters. The lowest BCUT2D eigenvalue weighted by Crippen LogP contribution is -2.38. The summed E-state index contributed by atoms with van der Waals surface area (Å²) in [7, 11) is 0. The average Bonchev–Trinajstić information content (AvgIpc) is 3.21. The van der Waals surface area contributed by atoms with Crippen molar-refractivity contribution < 1.29 is 13.6 Å². The first-order chi connectivity index (χ1) is 14.1. The Morgan fingerprint density at radius 3 is 2.48 bits per heavy atom. The van der Waals surface area contributed by atoms with Gasteiger partial charge in [-0.05, 0) is 69.3 Å². The maximum absolute atomic E-state index is 13.1. The van der Waals surface area contributed by atoms with E-state index in [0.717, 1.165) is 37.2 Å². The second-order valence-electron chi connectivity index (χ2n) is 7.42. The molecule has 1 saturated heterocycles. The number of amides is 1. The van der Waals surface area contributed by atoms with Gasteiger partial charge in [0.15, 0.2) is 0 Å². The largest absolute Gasteiger partial charge is 0.420 e. The van der Waals surface area contributed by atoms with E-state index in [9.17, 15) is 9.18 Å². The SMILES string of the molecule is Cc1ccc(NC(=O)CN2CCC(c3nnc(-c4ccc(F)cc4)o3)CC2)cc1. The quantitative estimate of drug-likeness (QED) is 0.708. The van der Waals surface area contributed by atoms with Gasteiger partial charge in [-0.1, -0.05) is 17.7 Å². The number of aromatic nitrogens is 2. The highest BCUT2D eigenvalue weighted by Crippen LogP contribution is 2.29. The maximum Gasteiger partial charge on any atom is 0.247 e. The summed E-state index contributed by atoms with van der Waals surface area (Å²) in [6.45, 7) is 3.97. The van der Waals surface area contributed by atoms with Crippen molar-refractivity contribution in [3.63, 3.8) is 0 Å². The van der Waals surface area contributed by atoms with Gasteiger partial charge in [-0.3, -0.25) is 9.69 Å². The number of nitrogens with one attached hydrogen (secondary N) is 1. The predicted molar refractivity (Wildman–Crippen MR) is 108 cm³/mol. The molecule has 0 unspecified atom stereocenters. The van der Waals surface area contributed by atoms with Crippen LogP contribution in [0.5, 0.6) is 0 Å². The monoisotopic (exact) mass is 394 g/mol. The summed E-state index contributed by atoms with van der Waals surface area (Å²) in [6.07, 6.45) is 1.70. The van der Waals surface area contributed by atoms with Crippen LogP contribution in [0, 0.1) is 12.7 Å². The van der Waals surface area contributed by atoms with E-state index in [-0.39, 0.29) is 17.6 Å². The molecular weight excluding hydrogens is 371 g/mol. The molecule has 7 heteroatoms. The van der Waals surface area contributed by atoms with Gasteiger partial charge in [0.1, 0.15) is 5.82 Å². The van der Waals surface area contributed by atoms with Crippen LogP contribution >= 0.6 is 0 Å². The lowest BCUT2D eigenvalue weighted by Gasteiger charge is -2.29. The maximum atomic E-state index is 13.1. The van der Waals surface area contributed by atoms with E-state index in [1.54, 1.807) is 12.1 Å². The van der Waals surface area contributed by atoms with Crippen molar-refractivity contribution in [2.75, 3.05) is 25.0 Å². The molecule has 0 aliphatic carbocycles. The van der Waals surface area contributed by atoms with Gasteiger partial charge < -0.3 is 9.73 Å². The Kier molecular flexibility index (Phi) is 5.67. The van der Waals surface area contributed by atoms with Crippen molar-refractivity contribution in [1.82, 2.24) is 15.1 Å². The molecule has 1 N–H and O–H groups in total. The summed E-state index contributed by atoms with van der Waals surface area (Å²) < 4.78 is 18.9. The van der Waals surface area contributed by atoms with E-state index in [1.807, 2.05) is 31.2 Å². The lowest BCUT2D eigenvalue weighted by atomic mass is 9.97. The van der Waals surface area contributed by atoms with E-state index in [0.29, 0.717) is 23.9 Å². The highest BCUT2D eigenvalue weighted by molar-refractivity contribution is 5.92. The Hall–Kier alpha value is -3.06. The molecule has 1 aliphatic heterocycles.